The molecule has 60 heavy (non-hydrogen) atoms. The number of aliphatic hydroxyl groups is 2. The molecule has 2 aliphatic carbocycles. The van der Waals surface area contributed by atoms with Gasteiger partial charge in [0.2, 0.25) is 5.88 Å². The van der Waals surface area contributed by atoms with Gasteiger partial charge in [0.25, 0.3) is 11.8 Å². The Morgan fingerprint density at radius 2 is 1.08 bits per heavy atom. The number of aryl methyl sites for hydroxylation is 2. The topological polar surface area (TPSA) is 170 Å². The number of amides is 2. The van der Waals surface area contributed by atoms with Crippen LogP contribution in [-0.2, 0) is 0 Å². The van der Waals surface area contributed by atoms with E-state index in [4.69, 9.17) is 16.2 Å². The number of nitrogens with two attached hydrogens (primary N) is 2. The lowest BCUT2D eigenvalue weighted by atomic mass is 9.92. The van der Waals surface area contributed by atoms with Crippen LogP contribution in [0.15, 0.2) is 132 Å². The first-order valence-corrected chi connectivity index (χ1v) is 21.4. The lowest BCUT2D eigenvalue weighted by Crippen LogP contribution is -2.29. The molecule has 0 spiro atoms. The fourth-order valence-corrected chi connectivity index (χ4v) is 8.62. The molecule has 11 nitrogen and oxygen atoms in total. The van der Waals surface area contributed by atoms with Crippen LogP contribution in [0.3, 0.4) is 0 Å². The third kappa shape index (κ3) is 10.8. The number of nitrogens with zero attached hydrogens (tertiary/aromatic N) is 2. The number of carbonyl (C=O) groups excluding carboxylic acids is 2. The highest BCUT2D eigenvalue weighted by atomic mass is 32.2. The summed E-state index contributed by atoms with van der Waals surface area (Å²) in [4.78, 5) is 25.1. The van der Waals surface area contributed by atoms with Crippen LogP contribution in [0.4, 0.5) is 11.4 Å². The Morgan fingerprint density at radius 3 is 1.60 bits per heavy atom. The van der Waals surface area contributed by atoms with Crippen molar-refractivity contribution in [2.45, 2.75) is 99.4 Å². The van der Waals surface area contributed by atoms with Crippen LogP contribution in [0.25, 0.3) is 11.4 Å². The van der Waals surface area contributed by atoms with Gasteiger partial charge in [-0.2, -0.15) is 0 Å². The number of rotatable bonds is 12. The number of aromatic nitrogens is 2. The molecule has 8 N–H and O–H groups in total. The Bertz CT molecular complexity index is 2210. The lowest BCUT2D eigenvalue weighted by molar-refractivity contribution is 0.0992. The van der Waals surface area contributed by atoms with Crippen LogP contribution >= 0.6 is 11.8 Å². The van der Waals surface area contributed by atoms with Crippen molar-refractivity contribution < 1.29 is 24.5 Å². The fraction of sp³-hybridized carbons (Fsp3) is 0.292. The van der Waals surface area contributed by atoms with Gasteiger partial charge in [-0.15, -0.1) is 0 Å². The van der Waals surface area contributed by atoms with E-state index in [9.17, 15) is 19.8 Å². The van der Waals surface area contributed by atoms with Crippen molar-refractivity contribution in [1.29, 1.82) is 0 Å². The molecule has 2 saturated carbocycles. The molecule has 2 amide bonds. The van der Waals surface area contributed by atoms with Crippen molar-refractivity contribution in [3.05, 3.63) is 144 Å². The van der Waals surface area contributed by atoms with Crippen molar-refractivity contribution in [2.75, 3.05) is 10.6 Å². The van der Waals surface area contributed by atoms with E-state index in [0.29, 0.717) is 22.7 Å². The molecule has 0 saturated heterocycles. The summed E-state index contributed by atoms with van der Waals surface area (Å²) in [5.74, 6) is 0.524. The monoisotopic (exact) mass is 826 g/mol. The molecule has 2 aliphatic rings. The summed E-state index contributed by atoms with van der Waals surface area (Å²) in [5, 5.41) is 27.6. The minimum Gasteiger partial charge on any atom is -0.440 e. The average molecular weight is 827 g/mol. The van der Waals surface area contributed by atoms with Crippen molar-refractivity contribution in [3.63, 3.8) is 0 Å². The maximum Gasteiger partial charge on any atom is 0.250 e. The van der Waals surface area contributed by atoms with Crippen molar-refractivity contribution in [1.82, 2.24) is 9.13 Å². The number of ether oxygens (including phenoxy) is 1. The molecule has 2 aromatic heterocycles. The number of primary amides is 2. The third-order valence-electron chi connectivity index (χ3n) is 11.1. The Hall–Kier alpha value is -5.95. The molecule has 312 valence electrons. The average Bonchev–Trinajstić information content (AvgIpc) is 3.91. The maximum atomic E-state index is 12.0. The van der Waals surface area contributed by atoms with Gasteiger partial charge in [0.15, 0.2) is 0 Å². The van der Waals surface area contributed by atoms with Crippen LogP contribution in [-0.4, -0.2) is 55.5 Å². The van der Waals surface area contributed by atoms with E-state index in [1.807, 2.05) is 90.6 Å². The molecule has 0 unspecified atom stereocenters. The second kappa shape index (κ2) is 19.4. The predicted molar refractivity (Wildman–Crippen MR) is 239 cm³/mol. The van der Waals surface area contributed by atoms with E-state index in [1.54, 1.807) is 23.9 Å². The van der Waals surface area contributed by atoms with E-state index in [2.05, 4.69) is 52.5 Å². The summed E-state index contributed by atoms with van der Waals surface area (Å²) >= 11 is 1.70. The normalized spacial score (nSPS) is 18.8. The molecule has 8 rings (SSSR count). The second-order valence-corrected chi connectivity index (χ2v) is 16.8. The number of carbonyl (C=O) groups is 2. The Morgan fingerprint density at radius 1 is 0.617 bits per heavy atom. The molecule has 0 bridgehead atoms. The molecule has 12 heteroatoms. The summed E-state index contributed by atoms with van der Waals surface area (Å²) in [5.41, 5.74) is 17.9. The molecule has 4 aromatic carbocycles. The lowest BCUT2D eigenvalue weighted by Gasteiger charge is -2.28. The first-order valence-electron chi connectivity index (χ1n) is 20.6. The Balaban J connectivity index is 0.000000181. The zero-order chi connectivity index (χ0) is 42.2. The van der Waals surface area contributed by atoms with E-state index in [-0.39, 0.29) is 24.3 Å². The Labute approximate surface area is 355 Å². The number of hydrogen-bond donors (Lipinski definition) is 6. The van der Waals surface area contributed by atoms with Gasteiger partial charge in [0, 0.05) is 52.5 Å². The van der Waals surface area contributed by atoms with Crippen LogP contribution in [0, 0.1) is 13.8 Å². The number of anilines is 2. The van der Waals surface area contributed by atoms with Gasteiger partial charge in [-0.1, -0.05) is 47.2 Å². The van der Waals surface area contributed by atoms with E-state index < -0.39 is 11.8 Å². The first-order chi connectivity index (χ1) is 29.0. The number of aliphatic hydroxyl groups excluding tert-OH is 2. The number of nitrogens with one attached hydrogen (secondary N) is 2. The van der Waals surface area contributed by atoms with Crippen LogP contribution in [0.1, 0.15) is 83.2 Å². The second-order valence-electron chi connectivity index (χ2n) is 15.8. The molecule has 0 atom stereocenters. The molecule has 2 fully saturated rings. The van der Waals surface area contributed by atoms with Gasteiger partial charge in [0.1, 0.15) is 5.75 Å². The van der Waals surface area contributed by atoms with E-state index in [0.717, 1.165) is 79.2 Å². The largest absolute Gasteiger partial charge is 0.440 e. The van der Waals surface area contributed by atoms with Gasteiger partial charge >= 0.3 is 0 Å². The van der Waals surface area contributed by atoms with Crippen LogP contribution in [0.5, 0.6) is 11.6 Å². The molecule has 0 aliphatic heterocycles. The zero-order valence-corrected chi connectivity index (χ0v) is 34.9. The summed E-state index contributed by atoms with van der Waals surface area (Å²) in [6.45, 7) is 4.12. The number of benzene rings is 4. The number of hydrogen-bond acceptors (Lipinski definition) is 8. The van der Waals surface area contributed by atoms with Gasteiger partial charge < -0.3 is 41.6 Å². The van der Waals surface area contributed by atoms with Gasteiger partial charge in [-0.25, -0.2) is 0 Å². The highest BCUT2D eigenvalue weighted by molar-refractivity contribution is 7.99. The summed E-state index contributed by atoms with van der Waals surface area (Å²) in [7, 11) is 0. The maximum absolute atomic E-state index is 12.0. The quantitative estimate of drug-likeness (QED) is 0.0710. The molecule has 0 radical (unpaired) electrons. The first kappa shape index (κ1) is 42.2. The summed E-state index contributed by atoms with van der Waals surface area (Å²) < 4.78 is 10.1. The third-order valence-corrected chi connectivity index (χ3v) is 12.2. The molecule has 2 heterocycles. The van der Waals surface area contributed by atoms with E-state index >= 15 is 0 Å². The van der Waals surface area contributed by atoms with Crippen LogP contribution < -0.4 is 26.8 Å². The van der Waals surface area contributed by atoms with Crippen molar-refractivity contribution in [2.24, 2.45) is 11.5 Å². The highest BCUT2D eigenvalue weighted by Gasteiger charge is 2.23. The van der Waals surface area contributed by atoms with Crippen LogP contribution in [0.2, 0.25) is 0 Å². The van der Waals surface area contributed by atoms with E-state index in [1.165, 1.54) is 16.0 Å². The summed E-state index contributed by atoms with van der Waals surface area (Å²) in [6.07, 6.45) is 10.0. The Kier molecular flexibility index (Phi) is 13.6. The minimum atomic E-state index is -0.469. The standard InChI is InChI=1S/C24H27N3O3.C24H27N3O2S/c2*1-16-4-11-20(12-5-16)30-23-3-2-14-27(23)18-8-13-21(24(25)29)22(15-18)26-17-6-9-19(28)10-7-17/h2*2-5,8,11-15,17,19,26,28H,6-7,9-10H2,1H3,(H2,25,29). The van der Waals surface area contributed by atoms with Gasteiger partial charge in [0.05, 0.1) is 34.0 Å². The molecule has 6 aromatic rings. The van der Waals surface area contributed by atoms with Crippen molar-refractivity contribution in [3.8, 4) is 23.0 Å². The highest BCUT2D eigenvalue weighted by Crippen LogP contribution is 2.33. The van der Waals surface area contributed by atoms with Gasteiger partial charge in [-0.05, 0) is 144 Å². The molecular weight excluding hydrogens is 773 g/mol. The molecular formula is C48H54N6O5S. The fourth-order valence-electron chi connectivity index (χ4n) is 7.69. The zero-order valence-electron chi connectivity index (χ0n) is 34.1. The predicted octanol–water partition coefficient (Wildman–Crippen LogP) is 9.14. The van der Waals surface area contributed by atoms with Gasteiger partial charge in [-0.3, -0.25) is 14.2 Å². The SMILES string of the molecule is Cc1ccc(Oc2cccn2-c2ccc(C(N)=O)c(NC3CCC(O)CC3)c2)cc1.Cc1ccc(Sc2cccn2-c2ccc(C(N)=O)c(NC3CCC(O)CC3)c2)cc1. The van der Waals surface area contributed by atoms with Crippen molar-refractivity contribution >= 4 is 35.0 Å². The summed E-state index contributed by atoms with van der Waals surface area (Å²) in [6, 6.07) is 35.9. The minimum absolute atomic E-state index is 0.203. The smallest absolute Gasteiger partial charge is 0.250 e.